The molecule has 1 aliphatic carbocycles. The third-order valence-corrected chi connectivity index (χ3v) is 6.05. The van der Waals surface area contributed by atoms with Crippen LogP contribution in [-0.2, 0) is 11.3 Å². The Morgan fingerprint density at radius 2 is 1.90 bits per heavy atom. The molecule has 30 heavy (non-hydrogen) atoms. The van der Waals surface area contributed by atoms with Gasteiger partial charge in [0.15, 0.2) is 0 Å². The first-order chi connectivity index (χ1) is 14.7. The number of amides is 1. The van der Waals surface area contributed by atoms with Crippen molar-refractivity contribution < 1.29 is 9.21 Å². The fourth-order valence-corrected chi connectivity index (χ4v) is 4.18. The summed E-state index contributed by atoms with van der Waals surface area (Å²) in [4.78, 5) is 19.6. The van der Waals surface area contributed by atoms with Crippen LogP contribution in [0.25, 0.3) is 12.2 Å². The van der Waals surface area contributed by atoms with Crippen molar-refractivity contribution in [1.29, 1.82) is 0 Å². The summed E-state index contributed by atoms with van der Waals surface area (Å²) in [6, 6.07) is 16.3. The monoisotopic (exact) mass is 464 g/mol. The Kier molecular flexibility index (Phi) is 6.80. The van der Waals surface area contributed by atoms with E-state index in [-0.39, 0.29) is 11.8 Å². The minimum absolute atomic E-state index is 0.112. The van der Waals surface area contributed by atoms with E-state index in [1.165, 1.54) is 6.42 Å². The molecule has 0 N–H and O–H groups in total. The lowest BCUT2D eigenvalue weighted by atomic mass is 9.88. The molecule has 5 heteroatoms. The number of nitrogens with zero attached hydrogens (tertiary/aromatic N) is 2. The molecule has 1 heterocycles. The molecule has 154 valence electrons. The van der Waals surface area contributed by atoms with E-state index in [1.807, 2.05) is 47.4 Å². The number of oxazole rings is 1. The first kappa shape index (κ1) is 20.6. The number of carbonyl (C=O) groups is 1. The molecule has 3 aromatic rings. The lowest BCUT2D eigenvalue weighted by Crippen LogP contribution is -2.36. The van der Waals surface area contributed by atoms with Gasteiger partial charge in [-0.2, -0.15) is 0 Å². The van der Waals surface area contributed by atoms with Crippen molar-refractivity contribution in [3.8, 4) is 0 Å². The van der Waals surface area contributed by atoms with Gasteiger partial charge >= 0.3 is 0 Å². The maximum Gasteiger partial charge on any atom is 0.230 e. The van der Waals surface area contributed by atoms with Crippen molar-refractivity contribution >= 4 is 39.7 Å². The fourth-order valence-electron chi connectivity index (χ4n) is 3.92. The van der Waals surface area contributed by atoms with Gasteiger partial charge in [-0.1, -0.05) is 59.5 Å². The van der Waals surface area contributed by atoms with Gasteiger partial charge in [-0.15, -0.1) is 0 Å². The molecule has 0 saturated heterocycles. The maximum absolute atomic E-state index is 13.5. The van der Waals surface area contributed by atoms with Crippen molar-refractivity contribution in [1.82, 2.24) is 4.98 Å². The summed E-state index contributed by atoms with van der Waals surface area (Å²) in [5.41, 5.74) is 3.04. The van der Waals surface area contributed by atoms with Crippen LogP contribution in [-0.4, -0.2) is 10.9 Å². The van der Waals surface area contributed by atoms with Crippen molar-refractivity contribution in [2.24, 2.45) is 5.92 Å². The predicted octanol–water partition coefficient (Wildman–Crippen LogP) is 6.72. The standard InChI is InChI=1S/C25H25BrN2O2/c26-22-12-9-20(10-13-22)18-28(25(29)21-6-2-1-3-7-21)23-8-4-5-19(17-23)11-14-24-27-15-16-30-24/h4-5,8-17,21H,1-3,6-7,18H2/b14-11+. The van der Waals surface area contributed by atoms with Crippen LogP contribution in [0.1, 0.15) is 49.1 Å². The second-order valence-electron chi connectivity index (χ2n) is 7.68. The number of carbonyl (C=O) groups excluding carboxylic acids is 1. The largest absolute Gasteiger partial charge is 0.445 e. The predicted molar refractivity (Wildman–Crippen MR) is 124 cm³/mol. The fraction of sp³-hybridized carbons (Fsp3) is 0.280. The Morgan fingerprint density at radius 3 is 2.63 bits per heavy atom. The van der Waals surface area contributed by atoms with Crippen LogP contribution in [0.2, 0.25) is 0 Å². The Morgan fingerprint density at radius 1 is 1.10 bits per heavy atom. The van der Waals surface area contributed by atoms with Gasteiger partial charge in [-0.05, 0) is 54.3 Å². The van der Waals surface area contributed by atoms with Crippen LogP contribution in [0.15, 0.2) is 69.9 Å². The van der Waals surface area contributed by atoms with E-state index in [2.05, 4.69) is 39.1 Å². The Hall–Kier alpha value is -2.66. The highest BCUT2D eigenvalue weighted by Crippen LogP contribution is 2.29. The van der Waals surface area contributed by atoms with E-state index in [1.54, 1.807) is 12.5 Å². The van der Waals surface area contributed by atoms with Crippen molar-refractivity contribution in [3.05, 3.63) is 82.5 Å². The number of halogens is 1. The van der Waals surface area contributed by atoms with Crippen LogP contribution in [0.4, 0.5) is 5.69 Å². The summed E-state index contributed by atoms with van der Waals surface area (Å²) in [7, 11) is 0. The van der Waals surface area contributed by atoms with E-state index in [0.29, 0.717) is 12.4 Å². The van der Waals surface area contributed by atoms with E-state index < -0.39 is 0 Å². The van der Waals surface area contributed by atoms with Crippen LogP contribution in [0, 0.1) is 5.92 Å². The molecule has 0 aliphatic heterocycles. The third kappa shape index (κ3) is 5.28. The van der Waals surface area contributed by atoms with Crippen molar-refractivity contribution in [2.75, 3.05) is 4.90 Å². The van der Waals surface area contributed by atoms with E-state index in [4.69, 9.17) is 4.42 Å². The first-order valence-corrected chi connectivity index (χ1v) is 11.2. The van der Waals surface area contributed by atoms with Gasteiger partial charge in [-0.3, -0.25) is 4.79 Å². The maximum atomic E-state index is 13.5. The van der Waals surface area contributed by atoms with E-state index in [9.17, 15) is 4.79 Å². The van der Waals surface area contributed by atoms with Crippen LogP contribution in [0.5, 0.6) is 0 Å². The highest BCUT2D eigenvalue weighted by molar-refractivity contribution is 9.10. The van der Waals surface area contributed by atoms with Crippen molar-refractivity contribution in [2.45, 2.75) is 38.6 Å². The molecule has 1 aromatic heterocycles. The first-order valence-electron chi connectivity index (χ1n) is 10.4. The second-order valence-corrected chi connectivity index (χ2v) is 8.60. The number of anilines is 1. The average molecular weight is 465 g/mol. The zero-order valence-corrected chi connectivity index (χ0v) is 18.4. The van der Waals surface area contributed by atoms with Crippen LogP contribution < -0.4 is 4.90 Å². The topological polar surface area (TPSA) is 46.3 Å². The van der Waals surface area contributed by atoms with Gasteiger partial charge in [0, 0.05) is 22.2 Å². The van der Waals surface area contributed by atoms with Gasteiger partial charge in [0.1, 0.15) is 6.26 Å². The number of hydrogen-bond donors (Lipinski definition) is 0. The molecule has 1 saturated carbocycles. The third-order valence-electron chi connectivity index (χ3n) is 5.53. The van der Waals surface area contributed by atoms with Gasteiger partial charge in [-0.25, -0.2) is 4.98 Å². The molecular formula is C25H25BrN2O2. The molecule has 0 spiro atoms. The number of aromatic nitrogens is 1. The Balaban J connectivity index is 1.61. The number of benzene rings is 2. The zero-order valence-electron chi connectivity index (χ0n) is 16.8. The SMILES string of the molecule is O=C(C1CCCCC1)N(Cc1ccc(Br)cc1)c1cccc(/C=C/c2ncco2)c1. The molecule has 1 fully saturated rings. The van der Waals surface area contributed by atoms with Crippen molar-refractivity contribution in [3.63, 3.8) is 0 Å². The highest BCUT2D eigenvalue weighted by Gasteiger charge is 2.27. The van der Waals surface area contributed by atoms with Gasteiger partial charge in [0.25, 0.3) is 0 Å². The van der Waals surface area contributed by atoms with Crippen LogP contribution >= 0.6 is 15.9 Å². The lowest BCUT2D eigenvalue weighted by Gasteiger charge is -2.30. The smallest absolute Gasteiger partial charge is 0.230 e. The molecule has 0 atom stereocenters. The van der Waals surface area contributed by atoms with Gasteiger partial charge < -0.3 is 9.32 Å². The lowest BCUT2D eigenvalue weighted by molar-refractivity contribution is -0.123. The minimum atomic E-state index is 0.112. The molecule has 2 aromatic carbocycles. The Labute approximate surface area is 185 Å². The van der Waals surface area contributed by atoms with E-state index >= 15 is 0 Å². The number of rotatable bonds is 6. The molecule has 0 bridgehead atoms. The zero-order chi connectivity index (χ0) is 20.8. The molecule has 1 aliphatic rings. The highest BCUT2D eigenvalue weighted by atomic mass is 79.9. The Bertz CT molecular complexity index is 990. The normalized spacial score (nSPS) is 14.8. The number of hydrogen-bond acceptors (Lipinski definition) is 3. The minimum Gasteiger partial charge on any atom is -0.445 e. The summed E-state index contributed by atoms with van der Waals surface area (Å²) in [6.07, 6.45) is 12.5. The molecule has 0 radical (unpaired) electrons. The summed E-state index contributed by atoms with van der Waals surface area (Å²) in [5.74, 6) is 0.901. The summed E-state index contributed by atoms with van der Waals surface area (Å²) in [6.45, 7) is 0.565. The average Bonchev–Trinajstić information content (AvgIpc) is 3.31. The van der Waals surface area contributed by atoms with E-state index in [0.717, 1.165) is 47.0 Å². The molecule has 4 rings (SSSR count). The van der Waals surface area contributed by atoms with Gasteiger partial charge in [0.05, 0.1) is 12.7 Å². The molecular weight excluding hydrogens is 440 g/mol. The quantitative estimate of drug-likeness (QED) is 0.406. The van der Waals surface area contributed by atoms with Crippen LogP contribution in [0.3, 0.4) is 0 Å². The second kappa shape index (κ2) is 9.90. The molecule has 4 nitrogen and oxygen atoms in total. The summed E-state index contributed by atoms with van der Waals surface area (Å²) < 4.78 is 6.31. The molecule has 1 amide bonds. The summed E-state index contributed by atoms with van der Waals surface area (Å²) >= 11 is 3.49. The van der Waals surface area contributed by atoms with Gasteiger partial charge in [0.2, 0.25) is 11.8 Å². The summed E-state index contributed by atoms with van der Waals surface area (Å²) in [5, 5.41) is 0. The molecule has 0 unspecified atom stereocenters.